The van der Waals surface area contributed by atoms with Gasteiger partial charge in [0.25, 0.3) is 5.91 Å². The highest BCUT2D eigenvalue weighted by Crippen LogP contribution is 2.28. The minimum Gasteiger partial charge on any atom is -0.396 e. The number of hydrogen-bond donors (Lipinski definition) is 2. The highest BCUT2D eigenvalue weighted by Gasteiger charge is 2.21. The molecule has 2 rings (SSSR count). The molecule has 0 bridgehead atoms. The van der Waals surface area contributed by atoms with E-state index >= 15 is 0 Å². The van der Waals surface area contributed by atoms with Crippen LogP contribution < -0.4 is 10.6 Å². The molecule has 0 radical (unpaired) electrons. The van der Waals surface area contributed by atoms with Crippen molar-refractivity contribution >= 4 is 23.2 Å². The summed E-state index contributed by atoms with van der Waals surface area (Å²) in [6, 6.07) is 5.21. The standard InChI is InChI=1S/C13H17ClN2O2/c14-10-1-2-12(11(7-10)13(15)18)16-5-3-9(8-17)4-6-16/h1-2,7,9,17H,3-6,8H2,(H2,15,18). The Balaban J connectivity index is 2.21. The second-order valence-electron chi connectivity index (χ2n) is 4.64. The first-order valence-electron chi connectivity index (χ1n) is 6.07. The summed E-state index contributed by atoms with van der Waals surface area (Å²) in [7, 11) is 0. The van der Waals surface area contributed by atoms with E-state index in [0.717, 1.165) is 31.6 Å². The number of rotatable bonds is 3. The number of nitrogens with zero attached hydrogens (tertiary/aromatic N) is 1. The van der Waals surface area contributed by atoms with Crippen molar-refractivity contribution < 1.29 is 9.90 Å². The van der Waals surface area contributed by atoms with Gasteiger partial charge < -0.3 is 15.7 Å². The summed E-state index contributed by atoms with van der Waals surface area (Å²) in [5.41, 5.74) is 6.68. The monoisotopic (exact) mass is 268 g/mol. The Morgan fingerprint density at radius 1 is 1.44 bits per heavy atom. The lowest BCUT2D eigenvalue weighted by molar-refractivity contribution is 0.100. The summed E-state index contributed by atoms with van der Waals surface area (Å²) in [5, 5.41) is 9.63. The quantitative estimate of drug-likeness (QED) is 0.876. The highest BCUT2D eigenvalue weighted by molar-refractivity contribution is 6.31. The van der Waals surface area contributed by atoms with Crippen LogP contribution >= 0.6 is 11.6 Å². The maximum absolute atomic E-state index is 11.4. The minimum absolute atomic E-state index is 0.233. The van der Waals surface area contributed by atoms with Gasteiger partial charge in [0.05, 0.1) is 5.56 Å². The molecule has 1 fully saturated rings. The van der Waals surface area contributed by atoms with E-state index in [1.807, 2.05) is 6.07 Å². The number of aliphatic hydroxyl groups is 1. The Hall–Kier alpha value is -1.26. The van der Waals surface area contributed by atoms with Gasteiger partial charge in [0.2, 0.25) is 0 Å². The highest BCUT2D eigenvalue weighted by atomic mass is 35.5. The topological polar surface area (TPSA) is 66.6 Å². The summed E-state index contributed by atoms with van der Waals surface area (Å²) < 4.78 is 0. The van der Waals surface area contributed by atoms with Crippen molar-refractivity contribution in [1.29, 1.82) is 0 Å². The Kier molecular flexibility index (Phi) is 4.09. The maximum atomic E-state index is 11.4. The van der Waals surface area contributed by atoms with E-state index in [-0.39, 0.29) is 6.61 Å². The number of benzene rings is 1. The number of amides is 1. The molecule has 0 saturated carbocycles. The number of carbonyl (C=O) groups excluding carboxylic acids is 1. The van der Waals surface area contributed by atoms with Crippen molar-refractivity contribution in [2.75, 3.05) is 24.6 Å². The summed E-state index contributed by atoms with van der Waals surface area (Å²) in [4.78, 5) is 13.6. The number of piperidine rings is 1. The van der Waals surface area contributed by atoms with E-state index in [1.54, 1.807) is 12.1 Å². The van der Waals surface area contributed by atoms with Crippen LogP contribution in [0.4, 0.5) is 5.69 Å². The van der Waals surface area contributed by atoms with Crippen molar-refractivity contribution in [2.24, 2.45) is 11.7 Å². The Bertz CT molecular complexity index is 443. The molecule has 1 aromatic rings. The molecular formula is C13H17ClN2O2. The first-order valence-corrected chi connectivity index (χ1v) is 6.44. The van der Waals surface area contributed by atoms with E-state index in [0.29, 0.717) is 16.5 Å². The van der Waals surface area contributed by atoms with E-state index < -0.39 is 5.91 Å². The molecule has 3 N–H and O–H groups in total. The molecule has 4 nitrogen and oxygen atoms in total. The molecule has 0 unspecified atom stereocenters. The third-order valence-electron chi connectivity index (χ3n) is 3.44. The first kappa shape index (κ1) is 13.2. The molecule has 1 aromatic carbocycles. The van der Waals surface area contributed by atoms with Gasteiger partial charge in [-0.15, -0.1) is 0 Å². The normalized spacial score (nSPS) is 16.9. The van der Waals surface area contributed by atoms with Gasteiger partial charge in [-0.3, -0.25) is 4.79 Å². The second kappa shape index (κ2) is 5.59. The first-order chi connectivity index (χ1) is 8.61. The fourth-order valence-electron chi connectivity index (χ4n) is 2.34. The summed E-state index contributed by atoms with van der Waals surface area (Å²) >= 11 is 5.89. The summed E-state index contributed by atoms with van der Waals surface area (Å²) in [6.45, 7) is 1.89. The van der Waals surface area contributed by atoms with Crippen molar-refractivity contribution in [3.63, 3.8) is 0 Å². The lowest BCUT2D eigenvalue weighted by atomic mass is 9.97. The van der Waals surface area contributed by atoms with Crippen LogP contribution in [0.2, 0.25) is 5.02 Å². The van der Waals surface area contributed by atoms with E-state index in [4.69, 9.17) is 22.4 Å². The Morgan fingerprint density at radius 3 is 2.67 bits per heavy atom. The van der Waals surface area contributed by atoms with Crippen molar-refractivity contribution in [3.8, 4) is 0 Å². The minimum atomic E-state index is -0.461. The zero-order valence-electron chi connectivity index (χ0n) is 10.1. The van der Waals surface area contributed by atoms with E-state index in [2.05, 4.69) is 4.90 Å². The number of halogens is 1. The largest absolute Gasteiger partial charge is 0.396 e. The summed E-state index contributed by atoms with van der Waals surface area (Å²) in [6.07, 6.45) is 1.86. The number of aliphatic hydroxyl groups excluding tert-OH is 1. The van der Waals surface area contributed by atoms with Gasteiger partial charge in [-0.2, -0.15) is 0 Å². The van der Waals surface area contributed by atoms with E-state index in [9.17, 15) is 4.79 Å². The van der Waals surface area contributed by atoms with Gasteiger partial charge in [-0.1, -0.05) is 11.6 Å². The van der Waals surface area contributed by atoms with Crippen molar-refractivity contribution in [3.05, 3.63) is 28.8 Å². The number of primary amides is 1. The SMILES string of the molecule is NC(=O)c1cc(Cl)ccc1N1CCC(CO)CC1. The number of carbonyl (C=O) groups is 1. The molecule has 18 heavy (non-hydrogen) atoms. The molecule has 0 spiro atoms. The number of nitrogens with two attached hydrogens (primary N) is 1. The average Bonchev–Trinajstić information content (AvgIpc) is 2.39. The molecule has 1 aliphatic rings. The number of hydrogen-bond acceptors (Lipinski definition) is 3. The molecule has 5 heteroatoms. The fourth-order valence-corrected chi connectivity index (χ4v) is 2.51. The zero-order chi connectivity index (χ0) is 13.1. The smallest absolute Gasteiger partial charge is 0.250 e. The second-order valence-corrected chi connectivity index (χ2v) is 5.08. The molecule has 1 saturated heterocycles. The molecule has 0 atom stereocenters. The number of anilines is 1. The zero-order valence-corrected chi connectivity index (χ0v) is 10.9. The van der Waals surface area contributed by atoms with Gasteiger partial charge in [0.1, 0.15) is 0 Å². The van der Waals surface area contributed by atoms with Crippen LogP contribution in [0.15, 0.2) is 18.2 Å². The molecule has 0 aliphatic carbocycles. The van der Waals surface area contributed by atoms with Crippen LogP contribution in [0.1, 0.15) is 23.2 Å². The van der Waals surface area contributed by atoms with Crippen molar-refractivity contribution in [1.82, 2.24) is 0 Å². The Morgan fingerprint density at radius 2 is 2.11 bits per heavy atom. The third-order valence-corrected chi connectivity index (χ3v) is 3.67. The lowest BCUT2D eigenvalue weighted by Crippen LogP contribution is -2.36. The predicted molar refractivity (Wildman–Crippen MR) is 72.0 cm³/mol. The van der Waals surface area contributed by atoms with Crippen LogP contribution in [0.25, 0.3) is 0 Å². The molecule has 1 aliphatic heterocycles. The molecular weight excluding hydrogens is 252 g/mol. The van der Waals surface area contributed by atoms with Crippen LogP contribution in [-0.2, 0) is 0 Å². The van der Waals surface area contributed by atoms with Crippen LogP contribution in [-0.4, -0.2) is 30.7 Å². The van der Waals surface area contributed by atoms with Crippen LogP contribution in [0, 0.1) is 5.92 Å². The molecule has 0 aromatic heterocycles. The Labute approximate surface area is 111 Å². The predicted octanol–water partition coefficient (Wildman–Crippen LogP) is 1.65. The van der Waals surface area contributed by atoms with Crippen LogP contribution in [0.3, 0.4) is 0 Å². The molecule has 1 heterocycles. The fraction of sp³-hybridized carbons (Fsp3) is 0.462. The van der Waals surface area contributed by atoms with Gasteiger partial charge in [-0.25, -0.2) is 0 Å². The van der Waals surface area contributed by atoms with Crippen LogP contribution in [0.5, 0.6) is 0 Å². The van der Waals surface area contributed by atoms with Gasteiger partial charge >= 0.3 is 0 Å². The van der Waals surface area contributed by atoms with Crippen molar-refractivity contribution in [2.45, 2.75) is 12.8 Å². The lowest BCUT2D eigenvalue weighted by Gasteiger charge is -2.33. The summed E-state index contributed by atoms with van der Waals surface area (Å²) in [5.74, 6) is -0.0950. The maximum Gasteiger partial charge on any atom is 0.250 e. The third kappa shape index (κ3) is 2.76. The van der Waals surface area contributed by atoms with Gasteiger partial charge in [0.15, 0.2) is 0 Å². The molecule has 1 amide bonds. The van der Waals surface area contributed by atoms with E-state index in [1.165, 1.54) is 0 Å². The molecule has 98 valence electrons. The van der Waals surface area contributed by atoms with Gasteiger partial charge in [-0.05, 0) is 37.0 Å². The average molecular weight is 269 g/mol. The van der Waals surface area contributed by atoms with Gasteiger partial charge in [0, 0.05) is 30.4 Å².